The van der Waals surface area contributed by atoms with Crippen molar-refractivity contribution in [3.63, 3.8) is 0 Å². The molecule has 2 aromatic rings. The Bertz CT molecular complexity index is 683. The molecule has 0 saturated heterocycles. The molecule has 0 aromatic heterocycles. The number of rotatable bonds is 6. The van der Waals surface area contributed by atoms with E-state index in [2.05, 4.69) is 53.3 Å². The van der Waals surface area contributed by atoms with Gasteiger partial charge in [0.2, 0.25) is 0 Å². The van der Waals surface area contributed by atoms with Gasteiger partial charge in [0.1, 0.15) is 0 Å². The molecule has 0 spiro atoms. The lowest BCUT2D eigenvalue weighted by Crippen LogP contribution is -2.11. The summed E-state index contributed by atoms with van der Waals surface area (Å²) in [5.74, 6) is 1.53. The topological polar surface area (TPSA) is 30.5 Å². The van der Waals surface area contributed by atoms with Crippen molar-refractivity contribution in [3.8, 4) is 11.5 Å². The van der Waals surface area contributed by atoms with E-state index in [1.165, 1.54) is 11.1 Å². The highest BCUT2D eigenvalue weighted by atomic mass is 79.9. The average Bonchev–Trinajstić information content (AvgIpc) is 2.50. The third-order valence-corrected chi connectivity index (χ3v) is 4.46. The summed E-state index contributed by atoms with van der Waals surface area (Å²) < 4.78 is 12.4. The van der Waals surface area contributed by atoms with E-state index >= 15 is 0 Å². The first-order chi connectivity index (χ1) is 10.9. The molecule has 124 valence electrons. The number of anilines is 1. The maximum absolute atomic E-state index is 5.98. The number of aryl methyl sites for hydroxylation is 2. The fourth-order valence-corrected chi connectivity index (χ4v) is 2.77. The lowest BCUT2D eigenvalue weighted by atomic mass is 10.1. The lowest BCUT2D eigenvalue weighted by Gasteiger charge is -2.19. The van der Waals surface area contributed by atoms with Crippen LogP contribution in [0.5, 0.6) is 11.5 Å². The molecule has 23 heavy (non-hydrogen) atoms. The molecular formula is C19H24BrNO2. The van der Waals surface area contributed by atoms with Crippen molar-refractivity contribution in [2.45, 2.75) is 40.3 Å². The first-order valence-corrected chi connectivity index (χ1v) is 8.54. The number of halogens is 1. The minimum atomic E-state index is 0.0820. The van der Waals surface area contributed by atoms with Crippen molar-refractivity contribution < 1.29 is 9.47 Å². The van der Waals surface area contributed by atoms with Gasteiger partial charge >= 0.3 is 0 Å². The standard InChI is InChI=1S/C19H24BrNO2/c1-12(2)23-19-16(17(20)8-9-18(19)22-5)11-21-15-7-6-13(3)14(4)10-15/h6-10,12,21H,11H2,1-5H3. The fraction of sp³-hybridized carbons (Fsp3) is 0.368. The second-order valence-electron chi connectivity index (χ2n) is 5.88. The summed E-state index contributed by atoms with van der Waals surface area (Å²) in [5.41, 5.74) is 4.72. The largest absolute Gasteiger partial charge is 0.493 e. The highest BCUT2D eigenvalue weighted by molar-refractivity contribution is 9.10. The Morgan fingerprint density at radius 1 is 1.09 bits per heavy atom. The zero-order valence-corrected chi connectivity index (χ0v) is 16.0. The Labute approximate surface area is 147 Å². The van der Waals surface area contributed by atoms with Gasteiger partial charge in [-0.25, -0.2) is 0 Å². The van der Waals surface area contributed by atoms with Crippen LogP contribution in [0.15, 0.2) is 34.8 Å². The van der Waals surface area contributed by atoms with Crippen LogP contribution in [-0.4, -0.2) is 13.2 Å². The van der Waals surface area contributed by atoms with Crippen LogP contribution in [0.3, 0.4) is 0 Å². The van der Waals surface area contributed by atoms with Gasteiger partial charge in [-0.2, -0.15) is 0 Å². The van der Waals surface area contributed by atoms with Crippen LogP contribution in [-0.2, 0) is 6.54 Å². The lowest BCUT2D eigenvalue weighted by molar-refractivity contribution is 0.227. The van der Waals surface area contributed by atoms with Crippen molar-refractivity contribution in [3.05, 3.63) is 51.5 Å². The molecule has 0 saturated carbocycles. The van der Waals surface area contributed by atoms with Gasteiger partial charge < -0.3 is 14.8 Å². The number of nitrogens with one attached hydrogen (secondary N) is 1. The Balaban J connectivity index is 2.28. The molecule has 0 aliphatic heterocycles. The number of ether oxygens (including phenoxy) is 2. The smallest absolute Gasteiger partial charge is 0.167 e. The van der Waals surface area contributed by atoms with E-state index in [0.29, 0.717) is 6.54 Å². The van der Waals surface area contributed by atoms with E-state index in [-0.39, 0.29) is 6.10 Å². The second kappa shape index (κ2) is 7.73. The molecule has 0 atom stereocenters. The van der Waals surface area contributed by atoms with Crippen molar-refractivity contribution >= 4 is 21.6 Å². The van der Waals surface area contributed by atoms with Crippen LogP contribution in [0.2, 0.25) is 0 Å². The van der Waals surface area contributed by atoms with E-state index in [4.69, 9.17) is 9.47 Å². The maximum atomic E-state index is 5.98. The molecule has 0 unspecified atom stereocenters. The van der Waals surface area contributed by atoms with Crippen LogP contribution in [0.25, 0.3) is 0 Å². The first-order valence-electron chi connectivity index (χ1n) is 7.75. The van der Waals surface area contributed by atoms with Crippen LogP contribution < -0.4 is 14.8 Å². The molecule has 0 radical (unpaired) electrons. The molecule has 0 aliphatic carbocycles. The minimum Gasteiger partial charge on any atom is -0.493 e. The molecule has 4 heteroatoms. The Kier molecular flexibility index (Phi) is 5.94. The SMILES string of the molecule is COc1ccc(Br)c(CNc2ccc(C)c(C)c2)c1OC(C)C. The van der Waals surface area contributed by atoms with Gasteiger partial charge in [0.25, 0.3) is 0 Å². The van der Waals surface area contributed by atoms with Crippen LogP contribution in [0.4, 0.5) is 5.69 Å². The first kappa shape index (κ1) is 17.7. The van der Waals surface area contributed by atoms with E-state index in [9.17, 15) is 0 Å². The second-order valence-corrected chi connectivity index (χ2v) is 6.73. The van der Waals surface area contributed by atoms with Crippen LogP contribution in [0, 0.1) is 13.8 Å². The molecule has 0 aliphatic rings. The number of hydrogen-bond acceptors (Lipinski definition) is 3. The van der Waals surface area contributed by atoms with Gasteiger partial charge in [0, 0.05) is 22.3 Å². The molecule has 2 rings (SSSR count). The van der Waals surface area contributed by atoms with Crippen molar-refractivity contribution in [2.24, 2.45) is 0 Å². The van der Waals surface area contributed by atoms with E-state index < -0.39 is 0 Å². The minimum absolute atomic E-state index is 0.0820. The highest BCUT2D eigenvalue weighted by Gasteiger charge is 2.15. The zero-order valence-electron chi connectivity index (χ0n) is 14.4. The summed E-state index contributed by atoms with van der Waals surface area (Å²) in [6.07, 6.45) is 0.0820. The maximum Gasteiger partial charge on any atom is 0.167 e. The molecule has 0 bridgehead atoms. The predicted molar refractivity (Wildman–Crippen MR) is 99.7 cm³/mol. The summed E-state index contributed by atoms with van der Waals surface area (Å²) in [6.45, 7) is 8.92. The van der Waals surface area contributed by atoms with Gasteiger partial charge in [-0.05, 0) is 63.1 Å². The molecular weight excluding hydrogens is 354 g/mol. The highest BCUT2D eigenvalue weighted by Crippen LogP contribution is 2.37. The predicted octanol–water partition coefficient (Wildman–Crippen LogP) is 5.47. The van der Waals surface area contributed by atoms with Gasteiger partial charge in [0.15, 0.2) is 11.5 Å². The van der Waals surface area contributed by atoms with Crippen LogP contribution in [0.1, 0.15) is 30.5 Å². The molecule has 0 heterocycles. The number of benzene rings is 2. The monoisotopic (exact) mass is 377 g/mol. The van der Waals surface area contributed by atoms with Crippen molar-refractivity contribution in [1.29, 1.82) is 0 Å². The Hall–Kier alpha value is -1.68. The summed E-state index contributed by atoms with van der Waals surface area (Å²) in [5, 5.41) is 3.47. The number of hydrogen-bond donors (Lipinski definition) is 1. The third kappa shape index (κ3) is 4.41. The zero-order chi connectivity index (χ0) is 17.0. The quantitative estimate of drug-likeness (QED) is 0.723. The van der Waals surface area contributed by atoms with Gasteiger partial charge in [-0.15, -0.1) is 0 Å². The van der Waals surface area contributed by atoms with Gasteiger partial charge in [-0.1, -0.05) is 22.0 Å². The van der Waals surface area contributed by atoms with Gasteiger partial charge in [0.05, 0.1) is 13.2 Å². The summed E-state index contributed by atoms with van der Waals surface area (Å²) in [7, 11) is 1.66. The fourth-order valence-electron chi connectivity index (χ4n) is 2.31. The normalized spacial score (nSPS) is 10.7. The van der Waals surface area contributed by atoms with Gasteiger partial charge in [-0.3, -0.25) is 0 Å². The molecule has 0 amide bonds. The molecule has 2 aromatic carbocycles. The summed E-state index contributed by atoms with van der Waals surface area (Å²) in [6, 6.07) is 10.3. The molecule has 1 N–H and O–H groups in total. The van der Waals surface area contributed by atoms with Crippen molar-refractivity contribution in [1.82, 2.24) is 0 Å². The summed E-state index contributed by atoms with van der Waals surface area (Å²) >= 11 is 3.62. The Morgan fingerprint density at radius 3 is 2.43 bits per heavy atom. The van der Waals surface area contributed by atoms with Crippen LogP contribution >= 0.6 is 15.9 Å². The van der Waals surface area contributed by atoms with Crippen molar-refractivity contribution in [2.75, 3.05) is 12.4 Å². The molecule has 0 fully saturated rings. The van der Waals surface area contributed by atoms with E-state index in [0.717, 1.165) is 27.2 Å². The third-order valence-electron chi connectivity index (χ3n) is 3.72. The number of methoxy groups -OCH3 is 1. The van der Waals surface area contributed by atoms with E-state index in [1.54, 1.807) is 7.11 Å². The molecule has 3 nitrogen and oxygen atoms in total. The average molecular weight is 378 g/mol. The summed E-state index contributed by atoms with van der Waals surface area (Å²) in [4.78, 5) is 0. The Morgan fingerprint density at radius 2 is 1.83 bits per heavy atom. The van der Waals surface area contributed by atoms with E-state index in [1.807, 2.05) is 26.0 Å².